The molecule has 3 unspecified atom stereocenters. The van der Waals surface area contributed by atoms with E-state index in [0.717, 1.165) is 12.5 Å². The van der Waals surface area contributed by atoms with Crippen molar-refractivity contribution in [2.45, 2.75) is 70.5 Å². The number of hydrogen-bond acceptors (Lipinski definition) is 3. The molecule has 2 rings (SSSR count). The largest absolute Gasteiger partial charge is 0.389 e. The Morgan fingerprint density at radius 2 is 1.95 bits per heavy atom. The lowest BCUT2D eigenvalue weighted by molar-refractivity contribution is -0.0451. The summed E-state index contributed by atoms with van der Waals surface area (Å²) in [6.45, 7) is 4.48. The van der Waals surface area contributed by atoms with Crippen molar-refractivity contribution >= 4 is 0 Å². The molecule has 112 valence electrons. The first kappa shape index (κ1) is 15.3. The van der Waals surface area contributed by atoms with E-state index in [-0.39, 0.29) is 6.10 Å². The van der Waals surface area contributed by atoms with Gasteiger partial charge in [0.05, 0.1) is 18.8 Å². The van der Waals surface area contributed by atoms with Gasteiger partial charge in [-0.05, 0) is 37.6 Å². The Morgan fingerprint density at radius 3 is 2.63 bits per heavy atom. The monoisotopic (exact) mass is 269 g/mol. The van der Waals surface area contributed by atoms with Crippen LogP contribution in [-0.4, -0.2) is 37.0 Å². The van der Waals surface area contributed by atoms with Crippen LogP contribution in [0.4, 0.5) is 0 Å². The summed E-state index contributed by atoms with van der Waals surface area (Å²) >= 11 is 0. The third-order valence-corrected chi connectivity index (χ3v) is 4.87. The van der Waals surface area contributed by atoms with Crippen molar-refractivity contribution in [3.8, 4) is 0 Å². The second-order valence-electron chi connectivity index (χ2n) is 6.58. The Kier molecular flexibility index (Phi) is 6.62. The van der Waals surface area contributed by atoms with Gasteiger partial charge < -0.3 is 15.2 Å². The predicted octanol–water partition coefficient (Wildman–Crippen LogP) is 2.72. The minimum Gasteiger partial charge on any atom is -0.389 e. The van der Waals surface area contributed by atoms with Crippen molar-refractivity contribution in [2.75, 3.05) is 19.7 Å². The van der Waals surface area contributed by atoms with Crippen molar-refractivity contribution < 1.29 is 9.84 Å². The maximum Gasteiger partial charge on any atom is 0.0897 e. The molecule has 2 fully saturated rings. The standard InChI is InChI=1S/C16H31NO2/c1-13-5-2-3-8-16(13)19-12-15(18)11-17-10-9-14-6-4-7-14/h13-18H,2-12H2,1H3. The zero-order valence-corrected chi connectivity index (χ0v) is 12.4. The molecule has 3 nitrogen and oxygen atoms in total. The molecule has 2 aliphatic rings. The van der Waals surface area contributed by atoms with Gasteiger partial charge in [0, 0.05) is 6.54 Å². The Labute approximate surface area is 118 Å². The normalized spacial score (nSPS) is 30.0. The molecule has 0 spiro atoms. The lowest BCUT2D eigenvalue weighted by Crippen LogP contribution is -2.35. The van der Waals surface area contributed by atoms with Crippen molar-refractivity contribution in [3.05, 3.63) is 0 Å². The molecule has 0 saturated heterocycles. The van der Waals surface area contributed by atoms with Gasteiger partial charge in [0.2, 0.25) is 0 Å². The summed E-state index contributed by atoms with van der Waals surface area (Å²) in [5.74, 6) is 1.61. The van der Waals surface area contributed by atoms with E-state index in [4.69, 9.17) is 4.74 Å². The van der Waals surface area contributed by atoms with E-state index in [1.54, 1.807) is 0 Å². The number of rotatable bonds is 8. The number of aliphatic hydroxyl groups excluding tert-OH is 1. The van der Waals surface area contributed by atoms with Crippen LogP contribution in [0.25, 0.3) is 0 Å². The van der Waals surface area contributed by atoms with Crippen LogP contribution < -0.4 is 5.32 Å². The highest BCUT2D eigenvalue weighted by Gasteiger charge is 2.22. The average Bonchev–Trinajstić information content (AvgIpc) is 2.35. The second kappa shape index (κ2) is 8.23. The van der Waals surface area contributed by atoms with Crippen LogP contribution in [0.5, 0.6) is 0 Å². The van der Waals surface area contributed by atoms with Crippen LogP contribution in [0.15, 0.2) is 0 Å². The summed E-state index contributed by atoms with van der Waals surface area (Å²) in [6, 6.07) is 0. The van der Waals surface area contributed by atoms with Gasteiger partial charge in [0.25, 0.3) is 0 Å². The van der Waals surface area contributed by atoms with Crippen molar-refractivity contribution in [1.29, 1.82) is 0 Å². The van der Waals surface area contributed by atoms with Crippen LogP contribution in [0.2, 0.25) is 0 Å². The minimum absolute atomic E-state index is 0.351. The average molecular weight is 269 g/mol. The van der Waals surface area contributed by atoms with Crippen LogP contribution in [-0.2, 0) is 4.74 Å². The topological polar surface area (TPSA) is 41.5 Å². The van der Waals surface area contributed by atoms with Crippen molar-refractivity contribution in [2.24, 2.45) is 11.8 Å². The first-order valence-electron chi connectivity index (χ1n) is 8.26. The zero-order valence-electron chi connectivity index (χ0n) is 12.4. The van der Waals surface area contributed by atoms with Gasteiger partial charge in [-0.1, -0.05) is 39.0 Å². The fourth-order valence-corrected chi connectivity index (χ4v) is 3.18. The summed E-state index contributed by atoms with van der Waals surface area (Å²) in [5, 5.41) is 13.3. The molecule has 0 aromatic heterocycles. The maximum absolute atomic E-state index is 9.92. The maximum atomic E-state index is 9.92. The molecule has 2 saturated carbocycles. The molecule has 2 aliphatic carbocycles. The molecule has 0 aliphatic heterocycles. The SMILES string of the molecule is CC1CCCCC1OCC(O)CNCCC1CCC1. The van der Waals surface area contributed by atoms with Gasteiger partial charge >= 0.3 is 0 Å². The summed E-state index contributed by atoms with van der Waals surface area (Å²) in [5.41, 5.74) is 0. The lowest BCUT2D eigenvalue weighted by Gasteiger charge is -2.29. The van der Waals surface area contributed by atoms with E-state index < -0.39 is 0 Å². The highest BCUT2D eigenvalue weighted by atomic mass is 16.5. The van der Waals surface area contributed by atoms with Crippen molar-refractivity contribution in [3.63, 3.8) is 0 Å². The quantitative estimate of drug-likeness (QED) is 0.666. The molecule has 0 amide bonds. The summed E-state index contributed by atoms with van der Waals surface area (Å²) in [6.07, 6.45) is 10.6. The molecule has 0 heterocycles. The van der Waals surface area contributed by atoms with Gasteiger partial charge in [0.1, 0.15) is 0 Å². The highest BCUT2D eigenvalue weighted by Crippen LogP contribution is 2.28. The fourth-order valence-electron chi connectivity index (χ4n) is 3.18. The van der Waals surface area contributed by atoms with Crippen molar-refractivity contribution in [1.82, 2.24) is 5.32 Å². The molecule has 3 atom stereocenters. The summed E-state index contributed by atoms with van der Waals surface area (Å²) in [7, 11) is 0. The number of hydrogen-bond donors (Lipinski definition) is 2. The summed E-state index contributed by atoms with van der Waals surface area (Å²) in [4.78, 5) is 0. The van der Waals surface area contributed by atoms with Gasteiger partial charge in [0.15, 0.2) is 0 Å². The first-order chi connectivity index (χ1) is 9.25. The minimum atomic E-state index is -0.351. The van der Waals surface area contributed by atoms with Gasteiger partial charge in [-0.3, -0.25) is 0 Å². The van der Waals surface area contributed by atoms with Gasteiger partial charge in [-0.25, -0.2) is 0 Å². The molecule has 19 heavy (non-hydrogen) atoms. The molecular weight excluding hydrogens is 238 g/mol. The molecule has 3 heteroatoms. The van der Waals surface area contributed by atoms with E-state index in [2.05, 4.69) is 12.2 Å². The molecule has 0 aromatic rings. The van der Waals surface area contributed by atoms with E-state index in [1.807, 2.05) is 0 Å². The van der Waals surface area contributed by atoms with Crippen LogP contribution in [0.3, 0.4) is 0 Å². The van der Waals surface area contributed by atoms with Crippen LogP contribution >= 0.6 is 0 Å². The van der Waals surface area contributed by atoms with E-state index in [1.165, 1.54) is 51.4 Å². The van der Waals surface area contributed by atoms with Crippen LogP contribution in [0.1, 0.15) is 58.3 Å². The highest BCUT2D eigenvalue weighted by molar-refractivity contribution is 4.74. The number of aliphatic hydroxyl groups is 1. The van der Waals surface area contributed by atoms with Gasteiger partial charge in [-0.15, -0.1) is 0 Å². The fraction of sp³-hybridized carbons (Fsp3) is 1.00. The number of nitrogens with one attached hydrogen (secondary N) is 1. The Hall–Kier alpha value is -0.120. The van der Waals surface area contributed by atoms with Crippen LogP contribution in [0, 0.1) is 11.8 Å². The third-order valence-electron chi connectivity index (χ3n) is 4.87. The second-order valence-corrected chi connectivity index (χ2v) is 6.58. The van der Waals surface area contributed by atoms with Gasteiger partial charge in [-0.2, -0.15) is 0 Å². The smallest absolute Gasteiger partial charge is 0.0897 e. The predicted molar refractivity (Wildman–Crippen MR) is 78.2 cm³/mol. The number of ether oxygens (including phenoxy) is 1. The molecular formula is C16H31NO2. The summed E-state index contributed by atoms with van der Waals surface area (Å²) < 4.78 is 5.88. The zero-order chi connectivity index (χ0) is 13.5. The van der Waals surface area contributed by atoms with E-state index >= 15 is 0 Å². The lowest BCUT2D eigenvalue weighted by atomic mass is 9.83. The van der Waals surface area contributed by atoms with E-state index in [0.29, 0.717) is 25.2 Å². The Bertz CT molecular complexity index is 243. The molecule has 0 radical (unpaired) electrons. The van der Waals surface area contributed by atoms with E-state index in [9.17, 15) is 5.11 Å². The third kappa shape index (κ3) is 5.41. The molecule has 0 aromatic carbocycles. The Morgan fingerprint density at radius 1 is 1.16 bits per heavy atom. The molecule has 0 bridgehead atoms. The first-order valence-corrected chi connectivity index (χ1v) is 8.26. The molecule has 2 N–H and O–H groups in total. The Balaban J connectivity index is 1.47.